The lowest BCUT2D eigenvalue weighted by atomic mass is 9.95. The van der Waals surface area contributed by atoms with Crippen LogP contribution in [0.3, 0.4) is 0 Å². The Morgan fingerprint density at radius 1 is 1.55 bits per heavy atom. The van der Waals surface area contributed by atoms with Crippen molar-refractivity contribution in [2.45, 2.75) is 33.7 Å². The summed E-state index contributed by atoms with van der Waals surface area (Å²) in [5.74, 6) is -0.109. The molecule has 0 heterocycles. The van der Waals surface area contributed by atoms with E-state index in [2.05, 4.69) is 5.32 Å². The van der Waals surface area contributed by atoms with Gasteiger partial charge in [-0.15, -0.1) is 0 Å². The lowest BCUT2D eigenvalue weighted by Gasteiger charge is -2.20. The molecular formula is C8H16FNO. The minimum absolute atomic E-state index is 0.109. The average Bonchev–Trinajstić information content (AvgIpc) is 1.85. The first-order valence-corrected chi connectivity index (χ1v) is 3.75. The normalized spacial score (nSPS) is 14.3. The summed E-state index contributed by atoms with van der Waals surface area (Å²) in [5.41, 5.74) is -0.427. The van der Waals surface area contributed by atoms with E-state index in [9.17, 15) is 9.18 Å². The van der Waals surface area contributed by atoms with Gasteiger partial charge < -0.3 is 5.32 Å². The molecule has 0 fully saturated rings. The molecule has 0 aliphatic heterocycles. The number of carbonyl (C=O) groups is 1. The number of nitrogens with one attached hydrogen (secondary N) is 1. The minimum Gasteiger partial charge on any atom is -0.351 e. The Balaban J connectivity index is 3.88. The Morgan fingerprint density at radius 3 is 2.27 bits per heavy atom. The Morgan fingerprint density at radius 2 is 2.00 bits per heavy atom. The molecular weight excluding hydrogens is 145 g/mol. The molecule has 0 spiro atoms. The SMILES string of the molecule is CC(CF)NC(=O)C(C)(C)C. The van der Waals surface area contributed by atoms with Gasteiger partial charge in [0.25, 0.3) is 0 Å². The van der Waals surface area contributed by atoms with Gasteiger partial charge in [0, 0.05) is 5.41 Å². The van der Waals surface area contributed by atoms with Crippen molar-refractivity contribution in [2.75, 3.05) is 6.67 Å². The number of carbonyl (C=O) groups excluding carboxylic acids is 1. The van der Waals surface area contributed by atoms with Crippen molar-refractivity contribution in [1.29, 1.82) is 0 Å². The third-order valence-corrected chi connectivity index (χ3v) is 1.29. The monoisotopic (exact) mass is 161 g/mol. The van der Waals surface area contributed by atoms with Crippen molar-refractivity contribution in [1.82, 2.24) is 5.32 Å². The van der Waals surface area contributed by atoms with Crippen molar-refractivity contribution in [3.8, 4) is 0 Å². The zero-order valence-corrected chi connectivity index (χ0v) is 7.57. The molecule has 1 atom stereocenters. The maximum Gasteiger partial charge on any atom is 0.225 e. The van der Waals surface area contributed by atoms with E-state index in [1.54, 1.807) is 27.7 Å². The van der Waals surface area contributed by atoms with E-state index in [-0.39, 0.29) is 11.9 Å². The van der Waals surface area contributed by atoms with Crippen molar-refractivity contribution >= 4 is 5.91 Å². The number of alkyl halides is 1. The van der Waals surface area contributed by atoms with E-state index in [1.165, 1.54) is 0 Å². The third-order valence-electron chi connectivity index (χ3n) is 1.29. The van der Waals surface area contributed by atoms with Gasteiger partial charge in [-0.3, -0.25) is 4.79 Å². The van der Waals surface area contributed by atoms with Gasteiger partial charge in [-0.1, -0.05) is 20.8 Å². The molecule has 0 aliphatic carbocycles. The molecule has 0 bridgehead atoms. The van der Waals surface area contributed by atoms with Gasteiger partial charge >= 0.3 is 0 Å². The molecule has 0 aliphatic rings. The van der Waals surface area contributed by atoms with Gasteiger partial charge in [0.15, 0.2) is 0 Å². The second-order valence-corrected chi connectivity index (χ2v) is 3.78. The lowest BCUT2D eigenvalue weighted by Crippen LogP contribution is -2.41. The van der Waals surface area contributed by atoms with Crippen LogP contribution < -0.4 is 5.32 Å². The van der Waals surface area contributed by atoms with E-state index in [0.29, 0.717) is 0 Å². The Hall–Kier alpha value is -0.600. The molecule has 0 aromatic rings. The molecule has 2 nitrogen and oxygen atoms in total. The van der Waals surface area contributed by atoms with Crippen LogP contribution in [0.4, 0.5) is 4.39 Å². The van der Waals surface area contributed by atoms with Crippen molar-refractivity contribution < 1.29 is 9.18 Å². The van der Waals surface area contributed by atoms with Gasteiger partial charge in [0.1, 0.15) is 6.67 Å². The molecule has 0 saturated carbocycles. The Kier molecular flexibility index (Phi) is 3.49. The first kappa shape index (κ1) is 10.4. The zero-order valence-electron chi connectivity index (χ0n) is 7.57. The molecule has 1 amide bonds. The van der Waals surface area contributed by atoms with Crippen LogP contribution in [0, 0.1) is 5.41 Å². The Labute approximate surface area is 67.2 Å². The second-order valence-electron chi connectivity index (χ2n) is 3.78. The van der Waals surface area contributed by atoms with Crippen molar-refractivity contribution in [3.63, 3.8) is 0 Å². The summed E-state index contributed by atoms with van der Waals surface area (Å²) < 4.78 is 11.9. The van der Waals surface area contributed by atoms with E-state index in [1.807, 2.05) is 0 Å². The largest absolute Gasteiger partial charge is 0.351 e. The molecule has 1 N–H and O–H groups in total. The van der Waals surface area contributed by atoms with Gasteiger partial charge in [-0.25, -0.2) is 4.39 Å². The summed E-state index contributed by atoms with van der Waals surface area (Å²) in [4.78, 5) is 11.2. The fourth-order valence-corrected chi connectivity index (χ4v) is 0.479. The highest BCUT2D eigenvalue weighted by Gasteiger charge is 2.22. The topological polar surface area (TPSA) is 29.1 Å². The van der Waals surface area contributed by atoms with E-state index in [4.69, 9.17) is 0 Å². The number of halogens is 1. The maximum absolute atomic E-state index is 11.9. The van der Waals surface area contributed by atoms with E-state index < -0.39 is 12.1 Å². The number of amides is 1. The first-order chi connectivity index (χ1) is 4.88. The highest BCUT2D eigenvalue weighted by molar-refractivity contribution is 5.81. The standard InChI is InChI=1S/C8H16FNO/c1-6(5-9)10-7(11)8(2,3)4/h6H,5H2,1-4H3,(H,10,11). The van der Waals surface area contributed by atoms with Crippen LogP contribution in [0.2, 0.25) is 0 Å². The lowest BCUT2D eigenvalue weighted by molar-refractivity contribution is -0.129. The molecule has 11 heavy (non-hydrogen) atoms. The Bertz CT molecular complexity index is 140. The molecule has 0 aromatic carbocycles. The number of rotatable bonds is 2. The number of hydrogen-bond donors (Lipinski definition) is 1. The first-order valence-electron chi connectivity index (χ1n) is 3.75. The second kappa shape index (κ2) is 3.69. The summed E-state index contributed by atoms with van der Waals surface area (Å²) >= 11 is 0. The van der Waals surface area contributed by atoms with Crippen molar-refractivity contribution in [3.05, 3.63) is 0 Å². The van der Waals surface area contributed by atoms with Crippen LogP contribution in [0.25, 0.3) is 0 Å². The van der Waals surface area contributed by atoms with Crippen LogP contribution in [0.1, 0.15) is 27.7 Å². The summed E-state index contributed by atoms with van der Waals surface area (Å²) in [6, 6.07) is -0.373. The summed E-state index contributed by atoms with van der Waals surface area (Å²) in [6.07, 6.45) is 0. The number of hydrogen-bond acceptors (Lipinski definition) is 1. The summed E-state index contributed by atoms with van der Waals surface area (Å²) in [5, 5.41) is 2.56. The maximum atomic E-state index is 11.9. The van der Waals surface area contributed by atoms with Crippen LogP contribution >= 0.6 is 0 Å². The van der Waals surface area contributed by atoms with Crippen LogP contribution in [-0.4, -0.2) is 18.6 Å². The van der Waals surface area contributed by atoms with Crippen LogP contribution in [0.5, 0.6) is 0 Å². The average molecular weight is 161 g/mol. The summed E-state index contributed by atoms with van der Waals surface area (Å²) in [6.45, 7) is 6.53. The molecule has 3 heteroatoms. The summed E-state index contributed by atoms with van der Waals surface area (Å²) in [7, 11) is 0. The molecule has 0 aromatic heterocycles. The smallest absolute Gasteiger partial charge is 0.225 e. The minimum atomic E-state index is -0.512. The molecule has 0 saturated heterocycles. The quantitative estimate of drug-likeness (QED) is 0.653. The van der Waals surface area contributed by atoms with E-state index in [0.717, 1.165) is 0 Å². The highest BCUT2D eigenvalue weighted by atomic mass is 19.1. The molecule has 0 rings (SSSR count). The zero-order chi connectivity index (χ0) is 9.07. The van der Waals surface area contributed by atoms with Crippen LogP contribution in [0.15, 0.2) is 0 Å². The van der Waals surface area contributed by atoms with Gasteiger partial charge in [0.05, 0.1) is 6.04 Å². The predicted molar refractivity (Wildman–Crippen MR) is 43.0 cm³/mol. The van der Waals surface area contributed by atoms with Crippen molar-refractivity contribution in [2.24, 2.45) is 5.41 Å². The molecule has 0 radical (unpaired) electrons. The fraction of sp³-hybridized carbons (Fsp3) is 0.875. The molecule has 1 unspecified atom stereocenters. The van der Waals surface area contributed by atoms with Gasteiger partial charge in [-0.05, 0) is 6.92 Å². The fourth-order valence-electron chi connectivity index (χ4n) is 0.479. The van der Waals surface area contributed by atoms with Gasteiger partial charge in [0.2, 0.25) is 5.91 Å². The van der Waals surface area contributed by atoms with E-state index >= 15 is 0 Å². The van der Waals surface area contributed by atoms with Gasteiger partial charge in [-0.2, -0.15) is 0 Å². The predicted octanol–water partition coefficient (Wildman–Crippen LogP) is 1.51. The highest BCUT2D eigenvalue weighted by Crippen LogP contribution is 2.12. The van der Waals surface area contributed by atoms with Crippen LogP contribution in [-0.2, 0) is 4.79 Å². The third kappa shape index (κ3) is 3.96. The molecule has 66 valence electrons.